The van der Waals surface area contributed by atoms with E-state index in [-0.39, 0.29) is 18.2 Å². The number of nitrogens with two attached hydrogens (primary N) is 1. The molecule has 4 N–H and O–H groups in total. The Balaban J connectivity index is 1.36. The summed E-state index contributed by atoms with van der Waals surface area (Å²) in [5.74, 6) is -0.291. The van der Waals surface area contributed by atoms with Crippen LogP contribution in [0, 0.1) is 0 Å². The van der Waals surface area contributed by atoms with E-state index >= 15 is 0 Å². The smallest absolute Gasteiger partial charge is 0.248 e. The SMILES string of the molecule is Nc1ccccc1NC(=O)C=Cc1ccc(CC(=O)N(Cc2ccccc2)NCc2ccccc2)cc1. The molecule has 0 saturated carbocycles. The molecule has 0 spiro atoms. The number of rotatable bonds is 10. The maximum Gasteiger partial charge on any atom is 0.248 e. The first kappa shape index (κ1) is 25.4. The van der Waals surface area contributed by atoms with Crippen molar-refractivity contribution >= 4 is 29.3 Å². The third kappa shape index (κ3) is 7.92. The van der Waals surface area contributed by atoms with Crippen LogP contribution in [0.3, 0.4) is 0 Å². The molecule has 4 aromatic rings. The molecule has 37 heavy (non-hydrogen) atoms. The average molecular weight is 491 g/mol. The number of nitrogens with zero attached hydrogens (tertiary/aromatic N) is 1. The standard InChI is InChI=1S/C31H30N4O2/c32-28-13-7-8-14-29(28)34-30(36)20-19-24-15-17-25(18-16-24)21-31(37)35(23-27-11-5-2-6-12-27)33-22-26-9-3-1-4-10-26/h1-20,33H,21-23,32H2,(H,34,36). The van der Waals surface area contributed by atoms with E-state index in [0.29, 0.717) is 24.5 Å². The quantitative estimate of drug-likeness (QED) is 0.162. The van der Waals surface area contributed by atoms with E-state index in [0.717, 1.165) is 22.3 Å². The molecule has 4 aromatic carbocycles. The van der Waals surface area contributed by atoms with Gasteiger partial charge in [0.2, 0.25) is 11.8 Å². The summed E-state index contributed by atoms with van der Waals surface area (Å²) < 4.78 is 0. The zero-order valence-electron chi connectivity index (χ0n) is 20.5. The number of carbonyl (C=O) groups is 2. The number of benzene rings is 4. The third-order valence-corrected chi connectivity index (χ3v) is 5.78. The van der Waals surface area contributed by atoms with Crippen molar-refractivity contribution in [2.45, 2.75) is 19.5 Å². The van der Waals surface area contributed by atoms with E-state index < -0.39 is 0 Å². The van der Waals surface area contributed by atoms with Gasteiger partial charge in [0, 0.05) is 12.6 Å². The van der Waals surface area contributed by atoms with E-state index in [2.05, 4.69) is 10.7 Å². The van der Waals surface area contributed by atoms with Crippen molar-refractivity contribution in [1.29, 1.82) is 0 Å². The van der Waals surface area contributed by atoms with Gasteiger partial charge >= 0.3 is 0 Å². The number of nitrogen functional groups attached to an aromatic ring is 1. The molecule has 4 rings (SSSR count). The summed E-state index contributed by atoms with van der Waals surface area (Å²) in [7, 11) is 0. The van der Waals surface area contributed by atoms with E-state index in [1.165, 1.54) is 6.08 Å². The van der Waals surface area contributed by atoms with Crippen molar-refractivity contribution in [1.82, 2.24) is 10.4 Å². The van der Waals surface area contributed by atoms with Crippen molar-refractivity contribution in [3.8, 4) is 0 Å². The van der Waals surface area contributed by atoms with Crippen LogP contribution in [0.15, 0.2) is 115 Å². The number of para-hydroxylation sites is 2. The fraction of sp³-hybridized carbons (Fsp3) is 0.0968. The number of amides is 2. The molecule has 0 atom stereocenters. The van der Waals surface area contributed by atoms with Crippen molar-refractivity contribution < 1.29 is 9.59 Å². The van der Waals surface area contributed by atoms with Gasteiger partial charge in [0.1, 0.15) is 0 Å². The largest absolute Gasteiger partial charge is 0.397 e. The van der Waals surface area contributed by atoms with Gasteiger partial charge in [-0.05, 0) is 40.5 Å². The van der Waals surface area contributed by atoms with Gasteiger partial charge in [-0.2, -0.15) is 0 Å². The van der Waals surface area contributed by atoms with Gasteiger partial charge in [-0.3, -0.25) is 14.6 Å². The Labute approximate surface area is 217 Å². The zero-order chi connectivity index (χ0) is 25.9. The number of nitrogens with one attached hydrogen (secondary N) is 2. The molecular weight excluding hydrogens is 460 g/mol. The number of anilines is 2. The molecular formula is C31H30N4O2. The van der Waals surface area contributed by atoms with Gasteiger partial charge in [0.05, 0.1) is 24.3 Å². The average Bonchev–Trinajstić information content (AvgIpc) is 2.93. The molecule has 0 aliphatic heterocycles. The Morgan fingerprint density at radius 1 is 0.730 bits per heavy atom. The molecule has 0 aliphatic rings. The second-order valence-corrected chi connectivity index (χ2v) is 8.61. The van der Waals surface area contributed by atoms with Crippen LogP contribution >= 0.6 is 0 Å². The molecule has 0 aliphatic carbocycles. The van der Waals surface area contributed by atoms with Gasteiger partial charge in [0.15, 0.2) is 0 Å². The summed E-state index contributed by atoms with van der Waals surface area (Å²) in [6, 6.07) is 34.6. The zero-order valence-corrected chi connectivity index (χ0v) is 20.5. The van der Waals surface area contributed by atoms with Crippen molar-refractivity contribution in [3.05, 3.63) is 138 Å². The molecule has 0 fully saturated rings. The lowest BCUT2D eigenvalue weighted by Crippen LogP contribution is -2.42. The van der Waals surface area contributed by atoms with Crippen LogP contribution in [0.5, 0.6) is 0 Å². The van der Waals surface area contributed by atoms with Gasteiger partial charge in [-0.15, -0.1) is 0 Å². The molecule has 186 valence electrons. The maximum atomic E-state index is 13.2. The molecule has 0 saturated heterocycles. The van der Waals surface area contributed by atoms with Gasteiger partial charge in [-0.25, -0.2) is 5.43 Å². The maximum absolute atomic E-state index is 13.2. The van der Waals surface area contributed by atoms with E-state index in [1.807, 2.05) is 97.1 Å². The molecule has 0 aromatic heterocycles. The summed E-state index contributed by atoms with van der Waals surface area (Å²) in [6.45, 7) is 1.02. The van der Waals surface area contributed by atoms with Crippen LogP contribution in [-0.4, -0.2) is 16.8 Å². The van der Waals surface area contributed by atoms with Gasteiger partial charge in [0.25, 0.3) is 0 Å². The van der Waals surface area contributed by atoms with Crippen molar-refractivity contribution in [2.24, 2.45) is 0 Å². The highest BCUT2D eigenvalue weighted by Crippen LogP contribution is 2.17. The lowest BCUT2D eigenvalue weighted by atomic mass is 10.1. The van der Waals surface area contributed by atoms with E-state index in [4.69, 9.17) is 5.73 Å². The normalized spacial score (nSPS) is 10.8. The van der Waals surface area contributed by atoms with E-state index in [1.54, 1.807) is 23.2 Å². The Bertz CT molecular complexity index is 1340. The van der Waals surface area contributed by atoms with Crippen LogP contribution < -0.4 is 16.5 Å². The van der Waals surface area contributed by atoms with E-state index in [9.17, 15) is 9.59 Å². The fourth-order valence-electron chi connectivity index (χ4n) is 3.75. The molecule has 0 heterocycles. The third-order valence-electron chi connectivity index (χ3n) is 5.78. The molecule has 2 amide bonds. The molecule has 6 heteroatoms. The van der Waals surface area contributed by atoms with Gasteiger partial charge < -0.3 is 11.1 Å². The van der Waals surface area contributed by atoms with Crippen molar-refractivity contribution in [2.75, 3.05) is 11.1 Å². The van der Waals surface area contributed by atoms with Crippen LogP contribution in [0.2, 0.25) is 0 Å². The first-order valence-electron chi connectivity index (χ1n) is 12.1. The molecule has 0 unspecified atom stereocenters. The molecule has 6 nitrogen and oxygen atoms in total. The lowest BCUT2D eigenvalue weighted by Gasteiger charge is -2.24. The topological polar surface area (TPSA) is 87.5 Å². The molecule has 0 radical (unpaired) electrons. The van der Waals surface area contributed by atoms with Crippen LogP contribution in [0.1, 0.15) is 22.3 Å². The number of hydrazine groups is 1. The lowest BCUT2D eigenvalue weighted by molar-refractivity contribution is -0.134. The second-order valence-electron chi connectivity index (χ2n) is 8.61. The highest BCUT2D eigenvalue weighted by atomic mass is 16.2. The fourth-order valence-corrected chi connectivity index (χ4v) is 3.75. The minimum Gasteiger partial charge on any atom is -0.397 e. The number of hydrogen-bond acceptors (Lipinski definition) is 4. The Morgan fingerprint density at radius 2 is 1.35 bits per heavy atom. The Hall–Kier alpha value is -4.68. The van der Waals surface area contributed by atoms with Crippen molar-refractivity contribution in [3.63, 3.8) is 0 Å². The van der Waals surface area contributed by atoms with Crippen LogP contribution in [-0.2, 0) is 29.1 Å². The Morgan fingerprint density at radius 3 is 2.03 bits per heavy atom. The minimum absolute atomic E-state index is 0.0251. The highest BCUT2D eigenvalue weighted by Gasteiger charge is 2.15. The summed E-state index contributed by atoms with van der Waals surface area (Å²) in [5.41, 5.74) is 14.1. The number of carbonyl (C=O) groups excluding carboxylic acids is 2. The summed E-state index contributed by atoms with van der Waals surface area (Å²) in [5, 5.41) is 4.44. The molecule has 0 bridgehead atoms. The second kappa shape index (κ2) is 12.9. The first-order chi connectivity index (χ1) is 18.1. The van der Waals surface area contributed by atoms with Crippen LogP contribution in [0.25, 0.3) is 6.08 Å². The van der Waals surface area contributed by atoms with Crippen LogP contribution in [0.4, 0.5) is 11.4 Å². The summed E-state index contributed by atoms with van der Waals surface area (Å²) in [6.07, 6.45) is 3.44. The number of hydrogen-bond donors (Lipinski definition) is 3. The minimum atomic E-state index is -0.266. The summed E-state index contributed by atoms with van der Waals surface area (Å²) in [4.78, 5) is 25.5. The monoisotopic (exact) mass is 490 g/mol. The summed E-state index contributed by atoms with van der Waals surface area (Å²) >= 11 is 0. The first-order valence-corrected chi connectivity index (χ1v) is 12.1. The Kier molecular flexibility index (Phi) is 8.83. The van der Waals surface area contributed by atoms with Gasteiger partial charge in [-0.1, -0.05) is 97.1 Å². The predicted octanol–water partition coefficient (Wildman–Crippen LogP) is 5.20. The predicted molar refractivity (Wildman–Crippen MR) is 149 cm³/mol. The highest BCUT2D eigenvalue weighted by molar-refractivity contribution is 6.03.